The van der Waals surface area contributed by atoms with Crippen LogP contribution in [0, 0.1) is 0 Å². The molecule has 3 aromatic carbocycles. The third kappa shape index (κ3) is 2.66. The molecule has 0 spiro atoms. The molecule has 6 nitrogen and oxygen atoms in total. The SMILES string of the molecule is C1=CC2O[P+]3(c4ccc([P+]56Oc7ccccc7N5C5C=CC=CC5O6)cc4)Oc4ccccc4N3C2C=C1. The van der Waals surface area contributed by atoms with Crippen molar-refractivity contribution < 1.29 is 18.1 Å². The molecule has 3 aromatic rings. The summed E-state index contributed by atoms with van der Waals surface area (Å²) in [6, 6.07) is 25.3. The molecule has 8 heteroatoms. The molecule has 4 heterocycles. The van der Waals surface area contributed by atoms with Crippen molar-refractivity contribution in [3.63, 3.8) is 0 Å². The van der Waals surface area contributed by atoms with Gasteiger partial charge < -0.3 is 0 Å². The lowest BCUT2D eigenvalue weighted by molar-refractivity contribution is 0.266. The van der Waals surface area contributed by atoms with Gasteiger partial charge in [0, 0.05) is 0 Å². The Morgan fingerprint density at radius 1 is 0.500 bits per heavy atom. The fourth-order valence-electron chi connectivity index (χ4n) is 6.32. The van der Waals surface area contributed by atoms with Crippen molar-refractivity contribution in [2.45, 2.75) is 24.3 Å². The zero-order valence-corrected chi connectivity index (χ0v) is 22.1. The van der Waals surface area contributed by atoms with Gasteiger partial charge >= 0.3 is 15.7 Å². The van der Waals surface area contributed by atoms with Gasteiger partial charge in [0.15, 0.2) is 22.8 Å². The van der Waals surface area contributed by atoms with E-state index in [0.717, 1.165) is 33.5 Å². The Kier molecular flexibility index (Phi) is 4.30. The number of para-hydroxylation sites is 4. The number of hydrogen-bond acceptors (Lipinski definition) is 6. The third-order valence-electron chi connectivity index (χ3n) is 7.95. The van der Waals surface area contributed by atoms with Crippen molar-refractivity contribution in [2.24, 2.45) is 0 Å². The molecule has 0 saturated carbocycles. The Hall–Kier alpha value is -3.40. The molecule has 2 saturated heterocycles. The highest BCUT2D eigenvalue weighted by molar-refractivity contribution is 7.77. The summed E-state index contributed by atoms with van der Waals surface area (Å²) in [5.41, 5.74) is 2.18. The summed E-state index contributed by atoms with van der Waals surface area (Å²) in [5, 5.41) is 2.10. The average molecular weight is 538 g/mol. The minimum atomic E-state index is -2.59. The lowest BCUT2D eigenvalue weighted by atomic mass is 10.1. The Labute approximate surface area is 222 Å². The number of anilines is 2. The molecular weight excluding hydrogens is 514 g/mol. The molecule has 6 atom stereocenters. The highest BCUT2D eigenvalue weighted by atomic mass is 31.2. The van der Waals surface area contributed by atoms with E-state index in [9.17, 15) is 0 Å². The van der Waals surface area contributed by atoms with Gasteiger partial charge in [0.2, 0.25) is 11.5 Å². The van der Waals surface area contributed by atoms with Crippen molar-refractivity contribution >= 4 is 37.7 Å². The number of hydrogen-bond donors (Lipinski definition) is 0. The van der Waals surface area contributed by atoms with Crippen molar-refractivity contribution in [3.05, 3.63) is 121 Å². The van der Waals surface area contributed by atoms with Crippen LogP contribution < -0.4 is 29.0 Å². The van der Waals surface area contributed by atoms with Gasteiger partial charge in [-0.05, 0) is 60.7 Å². The minimum absolute atomic E-state index is 0.0459. The van der Waals surface area contributed by atoms with Gasteiger partial charge in [0.1, 0.15) is 23.5 Å². The Balaban J connectivity index is 1.15. The summed E-state index contributed by atoms with van der Waals surface area (Å²) in [7, 11) is -5.18. The number of nitrogens with zero attached hydrogens (tertiary/aromatic N) is 2. The molecular formula is C30H24N2O4P2+2. The van der Waals surface area contributed by atoms with Gasteiger partial charge in [-0.15, -0.1) is 0 Å². The maximum Gasteiger partial charge on any atom is 0.455 e. The second kappa shape index (κ2) is 7.59. The molecule has 6 unspecified atom stereocenters. The largest absolute Gasteiger partial charge is 0.455 e. The van der Waals surface area contributed by atoms with Crippen molar-refractivity contribution in [1.82, 2.24) is 0 Å². The first-order valence-corrected chi connectivity index (χ1v) is 16.1. The van der Waals surface area contributed by atoms with Crippen LogP contribution in [0.25, 0.3) is 0 Å². The van der Waals surface area contributed by atoms with Crippen molar-refractivity contribution in [1.29, 1.82) is 0 Å². The normalized spacial score (nSPS) is 34.2. The van der Waals surface area contributed by atoms with Crippen LogP contribution in [0.3, 0.4) is 0 Å². The second-order valence-corrected chi connectivity index (χ2v) is 14.8. The number of allylic oxidation sites excluding steroid dienone is 4. The molecule has 186 valence electrons. The van der Waals surface area contributed by atoms with Gasteiger partial charge in [-0.3, -0.25) is 9.05 Å². The van der Waals surface area contributed by atoms with E-state index in [-0.39, 0.29) is 24.3 Å². The van der Waals surface area contributed by atoms with Crippen LogP contribution in [0.2, 0.25) is 0 Å². The monoisotopic (exact) mass is 538 g/mol. The van der Waals surface area contributed by atoms with Gasteiger partial charge in [-0.25, -0.2) is 0 Å². The highest BCUT2D eigenvalue weighted by Crippen LogP contribution is 2.77. The quantitative estimate of drug-likeness (QED) is 0.371. The van der Waals surface area contributed by atoms with E-state index in [0.29, 0.717) is 0 Å². The topological polar surface area (TPSA) is 43.4 Å². The summed E-state index contributed by atoms with van der Waals surface area (Å²) < 4.78 is 31.9. The van der Waals surface area contributed by atoms with E-state index in [1.807, 2.05) is 24.3 Å². The molecule has 38 heavy (non-hydrogen) atoms. The van der Waals surface area contributed by atoms with Crippen LogP contribution in [0.1, 0.15) is 0 Å². The van der Waals surface area contributed by atoms with E-state index in [4.69, 9.17) is 18.1 Å². The summed E-state index contributed by atoms with van der Waals surface area (Å²) in [4.78, 5) is 0. The van der Waals surface area contributed by atoms with E-state index in [2.05, 4.69) is 106 Å². The van der Waals surface area contributed by atoms with Crippen LogP contribution in [-0.2, 0) is 9.05 Å². The molecule has 2 fully saturated rings. The van der Waals surface area contributed by atoms with Crippen LogP contribution in [0.4, 0.5) is 11.4 Å². The zero-order valence-electron chi connectivity index (χ0n) is 20.3. The molecule has 6 aliphatic rings. The van der Waals surface area contributed by atoms with Crippen LogP contribution in [0.15, 0.2) is 121 Å². The Morgan fingerprint density at radius 2 is 0.921 bits per heavy atom. The summed E-state index contributed by atoms with van der Waals surface area (Å²) in [6.07, 6.45) is 16.9. The van der Waals surface area contributed by atoms with Gasteiger partial charge in [-0.1, -0.05) is 60.7 Å². The van der Waals surface area contributed by atoms with Crippen molar-refractivity contribution in [3.8, 4) is 11.5 Å². The fraction of sp³-hybridized carbons (Fsp3) is 0.133. The lowest BCUT2D eigenvalue weighted by Crippen LogP contribution is -2.35. The molecule has 0 N–H and O–H groups in total. The van der Waals surface area contributed by atoms with Crippen LogP contribution >= 0.6 is 15.7 Å². The van der Waals surface area contributed by atoms with E-state index in [1.165, 1.54) is 0 Å². The molecule has 0 aromatic heterocycles. The van der Waals surface area contributed by atoms with E-state index < -0.39 is 15.7 Å². The predicted molar refractivity (Wildman–Crippen MR) is 153 cm³/mol. The molecule has 0 radical (unpaired) electrons. The van der Waals surface area contributed by atoms with E-state index in [1.54, 1.807) is 0 Å². The molecule has 2 aliphatic carbocycles. The first-order valence-electron chi connectivity index (χ1n) is 12.9. The summed E-state index contributed by atoms with van der Waals surface area (Å²) >= 11 is 0. The maximum absolute atomic E-state index is 6.82. The molecule has 4 aliphatic heterocycles. The lowest BCUT2D eigenvalue weighted by Gasteiger charge is -2.23. The van der Waals surface area contributed by atoms with Gasteiger partial charge in [-0.2, -0.15) is 18.4 Å². The summed E-state index contributed by atoms with van der Waals surface area (Å²) in [5.74, 6) is 1.75. The van der Waals surface area contributed by atoms with Crippen molar-refractivity contribution in [2.75, 3.05) is 9.34 Å². The zero-order chi connectivity index (χ0) is 24.9. The molecule has 0 bridgehead atoms. The standard InChI is InChI=1S/C30H24N2O4P2/c1-5-13-27-23(9-1)31-24-10-2-6-14-28(24)34-37(31,33-27)21-17-19-22(20-18-21)38-32(25-11-3-7-15-29(25)35-38)26-12-4-8-16-30(26)36-38/h1-20,23,25,27,29H/q+2. The molecule has 0 amide bonds. The summed E-state index contributed by atoms with van der Waals surface area (Å²) in [6.45, 7) is 0. The number of benzene rings is 3. The second-order valence-electron chi connectivity index (χ2n) is 10.0. The Bertz CT molecular complexity index is 1490. The van der Waals surface area contributed by atoms with Gasteiger partial charge in [0.25, 0.3) is 0 Å². The smallest absolute Gasteiger partial charge is 0.286 e. The average Bonchev–Trinajstić information content (AvgIpc) is 3.66. The first-order chi connectivity index (χ1) is 18.8. The fourth-order valence-corrected chi connectivity index (χ4v) is 12.7. The Morgan fingerprint density at radius 3 is 1.39 bits per heavy atom. The third-order valence-corrected chi connectivity index (χ3v) is 13.9. The van der Waals surface area contributed by atoms with E-state index >= 15 is 0 Å². The van der Waals surface area contributed by atoms with Crippen LogP contribution in [-0.4, -0.2) is 24.3 Å². The number of fused-ring (bicyclic) bond motifs is 10. The molecule has 9 rings (SSSR count). The maximum atomic E-state index is 6.82. The number of rotatable bonds is 2. The van der Waals surface area contributed by atoms with Gasteiger partial charge in [0.05, 0.1) is 0 Å². The first kappa shape index (κ1) is 21.5. The minimum Gasteiger partial charge on any atom is -0.286 e. The predicted octanol–water partition coefficient (Wildman–Crippen LogP) is 6.05. The van der Waals surface area contributed by atoms with Crippen LogP contribution in [0.5, 0.6) is 11.5 Å². The highest BCUT2D eigenvalue weighted by Gasteiger charge is 2.72.